The summed E-state index contributed by atoms with van der Waals surface area (Å²) in [4.78, 5) is 10.5. The summed E-state index contributed by atoms with van der Waals surface area (Å²) in [7, 11) is 3.36. The predicted octanol–water partition coefficient (Wildman–Crippen LogP) is 2.99. The zero-order valence-corrected chi connectivity index (χ0v) is 13.6. The molecule has 0 aromatic carbocycles. The molecule has 5 heteroatoms. The van der Waals surface area contributed by atoms with E-state index in [0.29, 0.717) is 30.5 Å². The Balaban J connectivity index is 1.80. The summed E-state index contributed by atoms with van der Waals surface area (Å²) in [5, 5.41) is 8.62. The molecule has 0 aliphatic carbocycles. The molecule has 0 amide bonds. The van der Waals surface area contributed by atoms with Crippen LogP contribution in [0.3, 0.4) is 0 Å². The molecule has 2 bridgehead atoms. The summed E-state index contributed by atoms with van der Waals surface area (Å²) in [6, 6.07) is 0. The Kier molecular flexibility index (Phi) is 6.86. The van der Waals surface area contributed by atoms with Gasteiger partial charge in [0.2, 0.25) is 0 Å². The van der Waals surface area contributed by atoms with Crippen LogP contribution in [-0.2, 0) is 19.0 Å². The number of aliphatic carboxylic acids is 1. The first kappa shape index (κ1) is 17.4. The fourth-order valence-electron chi connectivity index (χ4n) is 3.78. The van der Waals surface area contributed by atoms with Gasteiger partial charge in [0, 0.05) is 27.1 Å². The van der Waals surface area contributed by atoms with E-state index in [1.54, 1.807) is 14.2 Å². The van der Waals surface area contributed by atoms with E-state index in [-0.39, 0.29) is 12.7 Å². The van der Waals surface area contributed by atoms with Crippen molar-refractivity contribution in [1.82, 2.24) is 0 Å². The summed E-state index contributed by atoms with van der Waals surface area (Å²) in [5.74, 6) is 0.301. The number of carboxylic acid groups (broad SMARTS) is 1. The Bertz CT molecular complexity index is 377. The van der Waals surface area contributed by atoms with Crippen molar-refractivity contribution in [2.75, 3.05) is 14.2 Å². The maximum absolute atomic E-state index is 10.5. The van der Waals surface area contributed by atoms with Gasteiger partial charge in [0.15, 0.2) is 6.29 Å². The Labute approximate surface area is 132 Å². The third-order valence-corrected chi connectivity index (χ3v) is 4.92. The summed E-state index contributed by atoms with van der Waals surface area (Å²) in [5.41, 5.74) is 0. The van der Waals surface area contributed by atoms with Gasteiger partial charge < -0.3 is 19.3 Å². The van der Waals surface area contributed by atoms with E-state index in [1.807, 2.05) is 0 Å². The summed E-state index contributed by atoms with van der Waals surface area (Å²) in [6.07, 6.45) is 10.8. The highest BCUT2D eigenvalue weighted by atomic mass is 16.7. The first-order valence-electron chi connectivity index (χ1n) is 8.23. The molecule has 2 saturated heterocycles. The number of carbonyl (C=O) groups is 1. The van der Waals surface area contributed by atoms with Gasteiger partial charge in [-0.2, -0.15) is 0 Å². The van der Waals surface area contributed by atoms with E-state index in [4.69, 9.17) is 19.3 Å². The van der Waals surface area contributed by atoms with Crippen molar-refractivity contribution in [3.8, 4) is 0 Å². The number of carboxylic acids is 1. The Morgan fingerprint density at radius 1 is 1.23 bits per heavy atom. The highest BCUT2D eigenvalue weighted by Crippen LogP contribution is 2.47. The zero-order valence-electron chi connectivity index (χ0n) is 13.6. The molecule has 2 aliphatic rings. The van der Waals surface area contributed by atoms with E-state index in [9.17, 15) is 4.79 Å². The van der Waals surface area contributed by atoms with Gasteiger partial charge in [0.1, 0.15) is 0 Å². The maximum atomic E-state index is 10.5. The molecule has 2 rings (SSSR count). The van der Waals surface area contributed by atoms with Gasteiger partial charge >= 0.3 is 5.97 Å². The fourth-order valence-corrected chi connectivity index (χ4v) is 3.78. The number of hydrogen-bond donors (Lipinski definition) is 1. The van der Waals surface area contributed by atoms with Crippen LogP contribution in [0.4, 0.5) is 0 Å². The predicted molar refractivity (Wildman–Crippen MR) is 82.5 cm³/mol. The average Bonchev–Trinajstić information content (AvgIpc) is 3.09. The lowest BCUT2D eigenvalue weighted by molar-refractivity contribution is -0.137. The second kappa shape index (κ2) is 8.65. The molecule has 22 heavy (non-hydrogen) atoms. The fraction of sp³-hybridized carbons (Fsp3) is 0.824. The van der Waals surface area contributed by atoms with Crippen LogP contribution in [0.2, 0.25) is 0 Å². The number of allylic oxidation sites excluding steroid dienone is 2. The minimum absolute atomic E-state index is 0.157. The highest BCUT2D eigenvalue weighted by molar-refractivity contribution is 5.66. The number of methoxy groups -OCH3 is 2. The van der Waals surface area contributed by atoms with Crippen LogP contribution in [0.1, 0.15) is 44.9 Å². The lowest BCUT2D eigenvalue weighted by atomic mass is 9.75. The zero-order chi connectivity index (χ0) is 15.9. The standard InChI is InChI=1S/C17H28O5/c1-20-17(21-2)11-13-12(14-9-10-15(13)22-14)7-5-3-4-6-8-16(18)19/h3,5,12-15,17H,4,6-11H2,1-2H3,(H,18,19). The van der Waals surface area contributed by atoms with Crippen LogP contribution in [0, 0.1) is 11.8 Å². The van der Waals surface area contributed by atoms with E-state index in [0.717, 1.165) is 32.1 Å². The lowest BCUT2D eigenvalue weighted by Crippen LogP contribution is -2.31. The van der Waals surface area contributed by atoms with E-state index >= 15 is 0 Å². The van der Waals surface area contributed by atoms with Gasteiger partial charge in [-0.1, -0.05) is 12.2 Å². The Morgan fingerprint density at radius 3 is 2.55 bits per heavy atom. The molecule has 126 valence electrons. The summed E-state index contributed by atoms with van der Waals surface area (Å²) in [6.45, 7) is 0. The minimum Gasteiger partial charge on any atom is -0.481 e. The van der Waals surface area contributed by atoms with Gasteiger partial charge in [0.05, 0.1) is 12.2 Å². The van der Waals surface area contributed by atoms with Crippen molar-refractivity contribution in [3.63, 3.8) is 0 Å². The average molecular weight is 312 g/mol. The third kappa shape index (κ3) is 4.54. The number of rotatable bonds is 10. The van der Waals surface area contributed by atoms with Crippen molar-refractivity contribution in [1.29, 1.82) is 0 Å². The molecule has 0 aromatic rings. The Morgan fingerprint density at radius 2 is 1.91 bits per heavy atom. The first-order chi connectivity index (χ1) is 10.7. The van der Waals surface area contributed by atoms with Crippen LogP contribution in [0.25, 0.3) is 0 Å². The van der Waals surface area contributed by atoms with Gasteiger partial charge in [-0.05, 0) is 43.9 Å². The summed E-state index contributed by atoms with van der Waals surface area (Å²) < 4.78 is 16.8. The van der Waals surface area contributed by atoms with Crippen molar-refractivity contribution in [2.45, 2.75) is 63.4 Å². The SMILES string of the molecule is COC(CC1C2CCC(O2)C1CC=CCCCC(=O)O)OC. The minimum atomic E-state index is -0.722. The number of unbranched alkanes of at least 4 members (excludes halogenated alkanes) is 1. The molecule has 4 unspecified atom stereocenters. The first-order valence-corrected chi connectivity index (χ1v) is 8.23. The van der Waals surface area contributed by atoms with Crippen molar-refractivity contribution < 1.29 is 24.1 Å². The van der Waals surface area contributed by atoms with Gasteiger partial charge in [-0.25, -0.2) is 0 Å². The third-order valence-electron chi connectivity index (χ3n) is 4.92. The molecule has 2 fully saturated rings. The molecule has 0 radical (unpaired) electrons. The lowest BCUT2D eigenvalue weighted by Gasteiger charge is -2.29. The normalized spacial score (nSPS) is 30.7. The van der Waals surface area contributed by atoms with Crippen LogP contribution >= 0.6 is 0 Å². The number of ether oxygens (including phenoxy) is 3. The second-order valence-corrected chi connectivity index (χ2v) is 6.25. The van der Waals surface area contributed by atoms with E-state index in [2.05, 4.69) is 12.2 Å². The van der Waals surface area contributed by atoms with Crippen molar-refractivity contribution in [2.24, 2.45) is 11.8 Å². The molecule has 0 spiro atoms. The van der Waals surface area contributed by atoms with E-state index < -0.39 is 5.97 Å². The van der Waals surface area contributed by atoms with Crippen molar-refractivity contribution in [3.05, 3.63) is 12.2 Å². The molecule has 2 aliphatic heterocycles. The highest BCUT2D eigenvalue weighted by Gasteiger charge is 2.48. The molecular formula is C17H28O5. The van der Waals surface area contributed by atoms with Crippen LogP contribution < -0.4 is 0 Å². The van der Waals surface area contributed by atoms with Crippen LogP contribution in [-0.4, -0.2) is 43.8 Å². The number of fused-ring (bicyclic) bond motifs is 2. The van der Waals surface area contributed by atoms with Crippen LogP contribution in [0.5, 0.6) is 0 Å². The number of hydrogen-bond acceptors (Lipinski definition) is 4. The monoisotopic (exact) mass is 312 g/mol. The molecule has 5 nitrogen and oxygen atoms in total. The van der Waals surface area contributed by atoms with Crippen LogP contribution in [0.15, 0.2) is 12.2 Å². The molecule has 0 aromatic heterocycles. The molecule has 1 N–H and O–H groups in total. The smallest absolute Gasteiger partial charge is 0.303 e. The van der Waals surface area contributed by atoms with Gasteiger partial charge in [-0.3, -0.25) is 4.79 Å². The Hall–Kier alpha value is -0.910. The van der Waals surface area contributed by atoms with Gasteiger partial charge in [0.25, 0.3) is 0 Å². The molecule has 0 saturated carbocycles. The molecule has 4 atom stereocenters. The maximum Gasteiger partial charge on any atom is 0.303 e. The van der Waals surface area contributed by atoms with Crippen molar-refractivity contribution >= 4 is 5.97 Å². The second-order valence-electron chi connectivity index (χ2n) is 6.25. The summed E-state index contributed by atoms with van der Waals surface area (Å²) >= 11 is 0. The molecule has 2 heterocycles. The quantitative estimate of drug-likeness (QED) is 0.382. The van der Waals surface area contributed by atoms with E-state index in [1.165, 1.54) is 0 Å². The topological polar surface area (TPSA) is 65.0 Å². The molecular weight excluding hydrogens is 284 g/mol. The largest absolute Gasteiger partial charge is 0.481 e. The van der Waals surface area contributed by atoms with Gasteiger partial charge in [-0.15, -0.1) is 0 Å².